The third-order valence-electron chi connectivity index (χ3n) is 6.79. The van der Waals surface area contributed by atoms with Gasteiger partial charge < -0.3 is 14.9 Å². The molecule has 2 heterocycles. The predicted molar refractivity (Wildman–Crippen MR) is 140 cm³/mol. The predicted octanol–water partition coefficient (Wildman–Crippen LogP) is 3.37. The fourth-order valence-corrected chi connectivity index (χ4v) is 5.57. The normalized spacial score (nSPS) is 16.1. The molecule has 226 valence electrons. The summed E-state index contributed by atoms with van der Waals surface area (Å²) in [4.78, 5) is 27.6. The van der Waals surface area contributed by atoms with E-state index in [2.05, 4.69) is 9.97 Å². The number of alkyl halides is 3. The number of aliphatic hydroxyl groups excluding tert-OH is 1. The number of rotatable bonds is 7. The zero-order valence-electron chi connectivity index (χ0n) is 22.6. The van der Waals surface area contributed by atoms with E-state index in [1.165, 1.54) is 23.1 Å². The van der Waals surface area contributed by atoms with Crippen molar-refractivity contribution in [2.75, 3.05) is 49.8 Å². The fraction of sp³-hybridized carbons (Fsp3) is 0.346. The number of aliphatic hydroxyl groups is 1. The molecular formula is C26H26F5N5O5S. The number of hydroxylamine groups is 2. The molecule has 0 radical (unpaired) electrons. The van der Waals surface area contributed by atoms with Crippen LogP contribution in [0.1, 0.15) is 33.2 Å². The van der Waals surface area contributed by atoms with Gasteiger partial charge in [-0.05, 0) is 29.8 Å². The highest BCUT2D eigenvalue weighted by atomic mass is 32.2. The lowest BCUT2D eigenvalue weighted by Crippen LogP contribution is -2.49. The van der Waals surface area contributed by atoms with E-state index in [4.69, 9.17) is 4.84 Å². The molecule has 0 aliphatic carbocycles. The molecule has 16 heteroatoms. The van der Waals surface area contributed by atoms with E-state index in [9.17, 15) is 40.3 Å². The number of carbonyl (C=O) groups excluding carboxylic acids is 1. The highest BCUT2D eigenvalue weighted by Gasteiger charge is 2.40. The largest absolute Gasteiger partial charge is 0.434 e. The molecule has 1 atom stereocenters. The van der Waals surface area contributed by atoms with Gasteiger partial charge in [0.2, 0.25) is 5.95 Å². The summed E-state index contributed by atoms with van der Waals surface area (Å²) in [6.45, 7) is -0.832. The fourth-order valence-electron chi connectivity index (χ4n) is 4.63. The maximum absolute atomic E-state index is 14.9. The summed E-state index contributed by atoms with van der Waals surface area (Å²) in [6, 6.07) is 6.62. The molecule has 1 aliphatic heterocycles. The number of aromatic nitrogens is 2. The molecular weight excluding hydrogens is 589 g/mol. The molecule has 3 aromatic rings. The Balaban J connectivity index is 1.79. The van der Waals surface area contributed by atoms with Crippen LogP contribution in [0.5, 0.6) is 0 Å². The van der Waals surface area contributed by atoms with Crippen molar-refractivity contribution in [1.82, 2.24) is 15.0 Å². The minimum atomic E-state index is -5.03. The van der Waals surface area contributed by atoms with E-state index >= 15 is 0 Å². The SMILES string of the molecule is CON(C)C(=O)c1cnc(N2CCN(c3cc(F)c(CO)c(S(C)(=O)=O)c3)C[C@H]2c2ccc(F)cc2)nc1C(F)(F)F. The Morgan fingerprint density at radius 2 is 1.83 bits per heavy atom. The zero-order valence-corrected chi connectivity index (χ0v) is 23.4. The first-order chi connectivity index (χ1) is 19.6. The number of anilines is 2. The number of hydrogen-bond acceptors (Lipinski definition) is 9. The average Bonchev–Trinajstić information content (AvgIpc) is 2.94. The molecule has 1 aliphatic rings. The van der Waals surface area contributed by atoms with E-state index in [1.54, 1.807) is 4.90 Å². The number of benzene rings is 2. The molecule has 10 nitrogen and oxygen atoms in total. The van der Waals surface area contributed by atoms with Crippen molar-refractivity contribution in [3.63, 3.8) is 0 Å². The van der Waals surface area contributed by atoms with Crippen LogP contribution in [-0.4, -0.2) is 74.5 Å². The van der Waals surface area contributed by atoms with Crippen molar-refractivity contribution in [3.8, 4) is 0 Å². The molecule has 1 saturated heterocycles. The molecule has 1 amide bonds. The summed E-state index contributed by atoms with van der Waals surface area (Å²) in [5, 5.41) is 10.1. The van der Waals surface area contributed by atoms with Crippen LogP contribution in [0.3, 0.4) is 0 Å². The Kier molecular flexibility index (Phi) is 8.71. The van der Waals surface area contributed by atoms with E-state index in [0.29, 0.717) is 10.6 Å². The topological polar surface area (TPSA) is 116 Å². The van der Waals surface area contributed by atoms with Crippen LogP contribution in [0.25, 0.3) is 0 Å². The second-order valence-corrected chi connectivity index (χ2v) is 11.4. The van der Waals surface area contributed by atoms with Crippen LogP contribution >= 0.6 is 0 Å². The Hall–Kier alpha value is -3.89. The maximum Gasteiger partial charge on any atom is 0.434 e. The van der Waals surface area contributed by atoms with Crippen molar-refractivity contribution >= 4 is 27.4 Å². The maximum atomic E-state index is 14.9. The van der Waals surface area contributed by atoms with Crippen LogP contribution < -0.4 is 9.80 Å². The summed E-state index contributed by atoms with van der Waals surface area (Å²) < 4.78 is 95.4. The third kappa shape index (κ3) is 6.29. The number of sulfone groups is 1. The lowest BCUT2D eigenvalue weighted by Gasteiger charge is -2.43. The smallest absolute Gasteiger partial charge is 0.392 e. The molecule has 4 rings (SSSR count). The monoisotopic (exact) mass is 615 g/mol. The molecule has 0 bridgehead atoms. The van der Waals surface area contributed by atoms with Gasteiger partial charge in [0.25, 0.3) is 5.91 Å². The van der Waals surface area contributed by atoms with Gasteiger partial charge in [-0.2, -0.15) is 13.2 Å². The Bertz CT molecular complexity index is 1590. The van der Waals surface area contributed by atoms with E-state index in [1.807, 2.05) is 0 Å². The Labute approximate surface area is 237 Å². The first-order valence-corrected chi connectivity index (χ1v) is 14.2. The van der Waals surface area contributed by atoms with Gasteiger partial charge in [0.1, 0.15) is 11.6 Å². The second kappa shape index (κ2) is 11.8. The summed E-state index contributed by atoms with van der Waals surface area (Å²) in [5.74, 6) is -2.99. The zero-order chi connectivity index (χ0) is 31.0. The van der Waals surface area contributed by atoms with Crippen molar-refractivity contribution in [2.45, 2.75) is 23.7 Å². The van der Waals surface area contributed by atoms with Crippen LogP contribution in [0.4, 0.5) is 33.6 Å². The number of hydrogen-bond donors (Lipinski definition) is 1. The van der Waals surface area contributed by atoms with Gasteiger partial charge in [0, 0.05) is 50.4 Å². The van der Waals surface area contributed by atoms with E-state index in [0.717, 1.165) is 44.8 Å². The van der Waals surface area contributed by atoms with Gasteiger partial charge in [-0.1, -0.05) is 12.1 Å². The van der Waals surface area contributed by atoms with Crippen LogP contribution in [0.15, 0.2) is 47.5 Å². The van der Waals surface area contributed by atoms with E-state index in [-0.39, 0.29) is 31.3 Å². The van der Waals surface area contributed by atoms with Gasteiger partial charge in [-0.15, -0.1) is 0 Å². The Morgan fingerprint density at radius 1 is 1.17 bits per heavy atom. The molecule has 42 heavy (non-hydrogen) atoms. The summed E-state index contributed by atoms with van der Waals surface area (Å²) >= 11 is 0. The average molecular weight is 616 g/mol. The first kappa shape index (κ1) is 31.1. The van der Waals surface area contributed by atoms with Gasteiger partial charge in [-0.25, -0.2) is 32.2 Å². The van der Waals surface area contributed by atoms with Crippen LogP contribution in [-0.2, 0) is 27.5 Å². The highest BCUT2D eigenvalue weighted by molar-refractivity contribution is 7.90. The van der Waals surface area contributed by atoms with Crippen molar-refractivity contribution < 1.29 is 45.1 Å². The minimum absolute atomic E-state index is 0.0233. The number of nitrogens with zero attached hydrogens (tertiary/aromatic N) is 5. The molecule has 1 fully saturated rings. The van der Waals surface area contributed by atoms with Crippen molar-refractivity contribution in [2.24, 2.45) is 0 Å². The highest BCUT2D eigenvalue weighted by Crippen LogP contribution is 2.36. The molecule has 0 unspecified atom stereocenters. The second-order valence-electron chi connectivity index (χ2n) is 9.46. The third-order valence-corrected chi connectivity index (χ3v) is 7.95. The quantitative estimate of drug-likeness (QED) is 0.316. The number of halogens is 5. The molecule has 1 aromatic heterocycles. The molecule has 0 saturated carbocycles. The first-order valence-electron chi connectivity index (χ1n) is 12.3. The van der Waals surface area contributed by atoms with Gasteiger partial charge in [0.15, 0.2) is 15.5 Å². The number of piperazine rings is 1. The summed E-state index contributed by atoms with van der Waals surface area (Å²) in [6.07, 6.45) is -3.41. The number of carbonyl (C=O) groups is 1. The van der Waals surface area contributed by atoms with Crippen molar-refractivity contribution in [3.05, 3.63) is 76.6 Å². The molecule has 0 spiro atoms. The Morgan fingerprint density at radius 3 is 2.40 bits per heavy atom. The van der Waals surface area contributed by atoms with Gasteiger partial charge in [0.05, 0.1) is 30.2 Å². The molecule has 2 aromatic carbocycles. The standard InChI is InChI=1S/C26H26F5N5O5S/c1-34(41-2)24(38)18-12-32-25(33-23(18)26(29,30)31)36-9-8-35(13-21(36)15-4-6-16(27)7-5-15)17-10-20(28)19(14-37)22(11-17)42(3,39)40/h4-7,10-12,21,37H,8-9,13-14H2,1-3H3/t21-/m0/s1. The minimum Gasteiger partial charge on any atom is -0.392 e. The molecule has 1 N–H and O–H groups in total. The van der Waals surface area contributed by atoms with Crippen LogP contribution in [0.2, 0.25) is 0 Å². The van der Waals surface area contributed by atoms with Crippen molar-refractivity contribution in [1.29, 1.82) is 0 Å². The lowest BCUT2D eigenvalue weighted by molar-refractivity contribution is -0.142. The van der Waals surface area contributed by atoms with Crippen LogP contribution in [0, 0.1) is 11.6 Å². The van der Waals surface area contributed by atoms with Gasteiger partial charge >= 0.3 is 6.18 Å². The van der Waals surface area contributed by atoms with E-state index < -0.39 is 67.9 Å². The van der Waals surface area contributed by atoms with Gasteiger partial charge in [-0.3, -0.25) is 9.63 Å². The lowest BCUT2D eigenvalue weighted by atomic mass is 10.0. The number of amides is 1. The summed E-state index contributed by atoms with van der Waals surface area (Å²) in [7, 11) is -1.70. The summed E-state index contributed by atoms with van der Waals surface area (Å²) in [5.41, 5.74) is -2.11.